The van der Waals surface area contributed by atoms with E-state index in [1.54, 1.807) is 11.4 Å². The summed E-state index contributed by atoms with van der Waals surface area (Å²) in [4.78, 5) is 33.2. The third kappa shape index (κ3) is 3.87. The number of thiophene rings is 1. The number of hydrogen-bond donors (Lipinski definition) is 2. The lowest BCUT2D eigenvalue weighted by atomic mass is 10.3. The van der Waals surface area contributed by atoms with E-state index in [9.17, 15) is 14.4 Å². The number of carbonyl (C=O) groups excluding carboxylic acids is 2. The molecule has 0 saturated heterocycles. The molecule has 0 unspecified atom stereocenters. The van der Waals surface area contributed by atoms with Gasteiger partial charge in [0.05, 0.1) is 19.2 Å². The van der Waals surface area contributed by atoms with Crippen molar-refractivity contribution in [3.8, 4) is 0 Å². The highest BCUT2D eigenvalue weighted by atomic mass is 32.1. The van der Waals surface area contributed by atoms with Gasteiger partial charge < -0.3 is 15.2 Å². The summed E-state index contributed by atoms with van der Waals surface area (Å²) in [6, 6.07) is 1.57. The minimum Gasteiger partial charge on any atom is -0.481 e. The van der Waals surface area contributed by atoms with Crippen molar-refractivity contribution < 1.29 is 24.2 Å². The predicted octanol–water partition coefficient (Wildman–Crippen LogP) is 1.34. The standard InChI is InChI=1S/C10H11NO5S/c1-16-10(15)9-6(4-5-17-9)11-7(12)2-3-8(13)14/h4-5H,2-3H2,1H3,(H,11,12)(H,13,14). The number of hydrogen-bond acceptors (Lipinski definition) is 5. The molecule has 1 amide bonds. The number of nitrogens with one attached hydrogen (secondary N) is 1. The molecule has 0 spiro atoms. The Balaban J connectivity index is 2.62. The number of methoxy groups -OCH3 is 1. The zero-order valence-electron chi connectivity index (χ0n) is 9.06. The molecule has 0 atom stereocenters. The van der Waals surface area contributed by atoms with E-state index in [1.165, 1.54) is 7.11 Å². The highest BCUT2D eigenvalue weighted by Crippen LogP contribution is 2.23. The van der Waals surface area contributed by atoms with Crippen molar-refractivity contribution in [3.63, 3.8) is 0 Å². The summed E-state index contributed by atoms with van der Waals surface area (Å²) >= 11 is 1.14. The molecule has 2 N–H and O–H groups in total. The Bertz CT molecular complexity index is 440. The second-order valence-electron chi connectivity index (χ2n) is 3.10. The molecule has 1 rings (SSSR count). The maximum atomic E-state index is 11.4. The lowest BCUT2D eigenvalue weighted by Gasteiger charge is -2.04. The maximum Gasteiger partial charge on any atom is 0.350 e. The minimum atomic E-state index is -1.04. The van der Waals surface area contributed by atoms with Gasteiger partial charge >= 0.3 is 11.9 Å². The first-order valence-electron chi connectivity index (χ1n) is 4.72. The Hall–Kier alpha value is -1.89. The molecule has 0 aliphatic rings. The molecule has 1 aromatic rings. The first kappa shape index (κ1) is 13.2. The van der Waals surface area contributed by atoms with E-state index in [-0.39, 0.29) is 17.7 Å². The normalized spacial score (nSPS) is 9.71. The number of anilines is 1. The number of carbonyl (C=O) groups is 3. The van der Waals surface area contributed by atoms with E-state index < -0.39 is 17.8 Å². The highest BCUT2D eigenvalue weighted by Gasteiger charge is 2.15. The molecule has 0 fully saturated rings. The van der Waals surface area contributed by atoms with Crippen LogP contribution in [0.3, 0.4) is 0 Å². The second kappa shape index (κ2) is 6.00. The van der Waals surface area contributed by atoms with Gasteiger partial charge in [0.1, 0.15) is 4.88 Å². The van der Waals surface area contributed by atoms with Crippen molar-refractivity contribution in [2.45, 2.75) is 12.8 Å². The van der Waals surface area contributed by atoms with Crippen LogP contribution >= 0.6 is 11.3 Å². The Morgan fingerprint density at radius 3 is 2.71 bits per heavy atom. The maximum absolute atomic E-state index is 11.4. The van der Waals surface area contributed by atoms with Gasteiger partial charge in [-0.25, -0.2) is 4.79 Å². The monoisotopic (exact) mass is 257 g/mol. The van der Waals surface area contributed by atoms with Crippen LogP contribution in [0.25, 0.3) is 0 Å². The molecule has 7 heteroatoms. The Labute approximate surface area is 101 Å². The second-order valence-corrected chi connectivity index (χ2v) is 4.01. The number of amides is 1. The van der Waals surface area contributed by atoms with Gasteiger partial charge in [-0.3, -0.25) is 9.59 Å². The molecular weight excluding hydrogens is 246 g/mol. The Morgan fingerprint density at radius 1 is 1.41 bits per heavy atom. The zero-order chi connectivity index (χ0) is 12.8. The fourth-order valence-electron chi connectivity index (χ4n) is 1.09. The fraction of sp³-hybridized carbons (Fsp3) is 0.300. The number of aliphatic carboxylic acids is 1. The fourth-order valence-corrected chi connectivity index (χ4v) is 1.86. The first-order chi connectivity index (χ1) is 8.04. The molecule has 0 saturated carbocycles. The Morgan fingerprint density at radius 2 is 2.12 bits per heavy atom. The highest BCUT2D eigenvalue weighted by molar-refractivity contribution is 7.12. The molecule has 0 aliphatic heterocycles. The van der Waals surface area contributed by atoms with Gasteiger partial charge in [-0.05, 0) is 11.4 Å². The van der Waals surface area contributed by atoms with Crippen LogP contribution in [0.1, 0.15) is 22.5 Å². The zero-order valence-corrected chi connectivity index (χ0v) is 9.87. The number of esters is 1. The van der Waals surface area contributed by atoms with Crippen molar-refractivity contribution in [2.24, 2.45) is 0 Å². The third-order valence-corrected chi connectivity index (χ3v) is 2.77. The predicted molar refractivity (Wildman–Crippen MR) is 61.2 cm³/mol. The van der Waals surface area contributed by atoms with Gasteiger partial charge in [-0.1, -0.05) is 0 Å². The molecule has 0 radical (unpaired) electrons. The van der Waals surface area contributed by atoms with Crippen LogP contribution in [0.15, 0.2) is 11.4 Å². The molecule has 0 aliphatic carbocycles. The van der Waals surface area contributed by atoms with E-state index >= 15 is 0 Å². The summed E-state index contributed by atoms with van der Waals surface area (Å²) in [6.07, 6.45) is -0.380. The van der Waals surface area contributed by atoms with Crippen LogP contribution < -0.4 is 5.32 Å². The van der Waals surface area contributed by atoms with Crippen LogP contribution in [-0.4, -0.2) is 30.1 Å². The molecule has 0 aromatic carbocycles. The van der Waals surface area contributed by atoms with E-state index in [0.29, 0.717) is 5.69 Å². The van der Waals surface area contributed by atoms with Gasteiger partial charge in [0.15, 0.2) is 0 Å². The van der Waals surface area contributed by atoms with Crippen LogP contribution in [0.2, 0.25) is 0 Å². The third-order valence-electron chi connectivity index (χ3n) is 1.88. The average molecular weight is 257 g/mol. The van der Waals surface area contributed by atoms with Crippen molar-refractivity contribution in [3.05, 3.63) is 16.3 Å². The first-order valence-corrected chi connectivity index (χ1v) is 5.60. The summed E-state index contributed by atoms with van der Waals surface area (Å²) in [5, 5.41) is 12.5. The molecule has 17 heavy (non-hydrogen) atoms. The van der Waals surface area contributed by atoms with Crippen LogP contribution in [-0.2, 0) is 14.3 Å². The minimum absolute atomic E-state index is 0.133. The summed E-state index contributed by atoms with van der Waals surface area (Å²) in [7, 11) is 1.25. The van der Waals surface area contributed by atoms with Crippen LogP contribution in [0.4, 0.5) is 5.69 Å². The van der Waals surface area contributed by atoms with Gasteiger partial charge in [0, 0.05) is 6.42 Å². The summed E-state index contributed by atoms with van der Waals surface area (Å²) in [6.45, 7) is 0. The molecule has 1 aromatic heterocycles. The smallest absolute Gasteiger partial charge is 0.350 e. The van der Waals surface area contributed by atoms with Gasteiger partial charge in [0.2, 0.25) is 5.91 Å². The van der Waals surface area contributed by atoms with Crippen LogP contribution in [0, 0.1) is 0 Å². The molecule has 0 bridgehead atoms. The van der Waals surface area contributed by atoms with E-state index in [2.05, 4.69) is 10.1 Å². The number of carboxylic acids is 1. The quantitative estimate of drug-likeness (QED) is 0.776. The Kier molecular flexibility index (Phi) is 4.65. The van der Waals surface area contributed by atoms with E-state index in [4.69, 9.17) is 5.11 Å². The van der Waals surface area contributed by atoms with E-state index in [0.717, 1.165) is 11.3 Å². The lowest BCUT2D eigenvalue weighted by molar-refractivity contribution is -0.138. The number of carboxylic acid groups (broad SMARTS) is 1. The summed E-state index contributed by atoms with van der Waals surface area (Å²) < 4.78 is 4.54. The van der Waals surface area contributed by atoms with Crippen LogP contribution in [0.5, 0.6) is 0 Å². The lowest BCUT2D eigenvalue weighted by Crippen LogP contribution is -2.14. The summed E-state index contributed by atoms with van der Waals surface area (Å²) in [5.41, 5.74) is 0.345. The van der Waals surface area contributed by atoms with Gasteiger partial charge in [-0.2, -0.15) is 0 Å². The molecule has 1 heterocycles. The number of ether oxygens (including phenoxy) is 1. The molecule has 92 valence electrons. The topological polar surface area (TPSA) is 92.7 Å². The largest absolute Gasteiger partial charge is 0.481 e. The van der Waals surface area contributed by atoms with Gasteiger partial charge in [-0.15, -0.1) is 11.3 Å². The van der Waals surface area contributed by atoms with Crippen molar-refractivity contribution in [1.29, 1.82) is 0 Å². The SMILES string of the molecule is COC(=O)c1sccc1NC(=O)CCC(=O)O. The average Bonchev–Trinajstić information content (AvgIpc) is 2.73. The van der Waals surface area contributed by atoms with Crippen molar-refractivity contribution >= 4 is 34.9 Å². The molecular formula is C10H11NO5S. The number of rotatable bonds is 5. The van der Waals surface area contributed by atoms with E-state index in [1.807, 2.05) is 0 Å². The van der Waals surface area contributed by atoms with Crippen molar-refractivity contribution in [2.75, 3.05) is 12.4 Å². The summed E-state index contributed by atoms with van der Waals surface area (Å²) in [5.74, 6) is -2.02. The molecule has 6 nitrogen and oxygen atoms in total. The van der Waals surface area contributed by atoms with Gasteiger partial charge in [0.25, 0.3) is 0 Å². The van der Waals surface area contributed by atoms with Crippen molar-refractivity contribution in [1.82, 2.24) is 0 Å².